The van der Waals surface area contributed by atoms with Crippen LogP contribution in [-0.2, 0) is 4.75 Å². The third kappa shape index (κ3) is 3.05. The van der Waals surface area contributed by atoms with E-state index < -0.39 is 4.75 Å². The molecular formula is C31H20O2S. The summed E-state index contributed by atoms with van der Waals surface area (Å²) in [6.45, 7) is 0. The van der Waals surface area contributed by atoms with Crippen molar-refractivity contribution in [3.05, 3.63) is 160 Å². The predicted molar refractivity (Wildman–Crippen MR) is 138 cm³/mol. The summed E-state index contributed by atoms with van der Waals surface area (Å²) in [5.74, 6) is -0.405. The van der Waals surface area contributed by atoms with Crippen LogP contribution in [0.2, 0.25) is 0 Å². The van der Waals surface area contributed by atoms with Crippen molar-refractivity contribution in [2.24, 2.45) is 0 Å². The fourth-order valence-electron chi connectivity index (χ4n) is 4.93. The van der Waals surface area contributed by atoms with E-state index in [0.717, 1.165) is 10.5 Å². The molecule has 0 radical (unpaired) electrons. The van der Waals surface area contributed by atoms with Crippen LogP contribution in [0.1, 0.15) is 43.0 Å². The topological polar surface area (TPSA) is 34.1 Å². The van der Waals surface area contributed by atoms with Gasteiger partial charge < -0.3 is 0 Å². The number of hydrogen-bond donors (Lipinski definition) is 0. The molecule has 0 saturated heterocycles. The summed E-state index contributed by atoms with van der Waals surface area (Å²) in [5, 5.41) is 0. The molecule has 2 nitrogen and oxygen atoms in total. The van der Waals surface area contributed by atoms with Gasteiger partial charge in [-0.1, -0.05) is 109 Å². The maximum Gasteiger partial charge on any atom is 0.197 e. The number of carbonyl (C=O) groups is 2. The molecule has 1 aliphatic heterocycles. The number of allylic oxidation sites excluding steroid dienone is 3. The Morgan fingerprint density at radius 2 is 1.00 bits per heavy atom. The van der Waals surface area contributed by atoms with Crippen LogP contribution in [0.4, 0.5) is 0 Å². The second-order valence-corrected chi connectivity index (χ2v) is 9.63. The van der Waals surface area contributed by atoms with Crippen LogP contribution >= 0.6 is 11.8 Å². The Labute approximate surface area is 202 Å². The Balaban J connectivity index is 1.52. The van der Waals surface area contributed by atoms with Gasteiger partial charge >= 0.3 is 0 Å². The number of benzene rings is 4. The maximum absolute atomic E-state index is 12.9. The normalized spacial score (nSPS) is 17.1. The van der Waals surface area contributed by atoms with Gasteiger partial charge in [-0.05, 0) is 34.4 Å². The Hall–Kier alpha value is -3.95. The highest BCUT2D eigenvalue weighted by Crippen LogP contribution is 2.60. The summed E-state index contributed by atoms with van der Waals surface area (Å²) in [4.78, 5) is 26.8. The van der Waals surface area contributed by atoms with Gasteiger partial charge in [0, 0.05) is 16.0 Å². The molecule has 3 heteroatoms. The van der Waals surface area contributed by atoms with E-state index >= 15 is 0 Å². The van der Waals surface area contributed by atoms with E-state index in [2.05, 4.69) is 66.7 Å². The first kappa shape index (κ1) is 20.6. The molecule has 162 valence electrons. The van der Waals surface area contributed by atoms with Crippen LogP contribution in [0.15, 0.2) is 127 Å². The molecule has 0 bridgehead atoms. The first-order valence-electron chi connectivity index (χ1n) is 11.2. The highest BCUT2D eigenvalue weighted by molar-refractivity contribution is 8.10. The number of fused-ring (bicyclic) bond motifs is 2. The third-order valence-corrected chi connectivity index (χ3v) is 8.08. The fourth-order valence-corrected chi connectivity index (χ4v) is 6.48. The van der Waals surface area contributed by atoms with Crippen molar-refractivity contribution in [2.75, 3.05) is 0 Å². The summed E-state index contributed by atoms with van der Waals surface area (Å²) in [7, 11) is 0. The number of hydrogen-bond acceptors (Lipinski definition) is 3. The van der Waals surface area contributed by atoms with Crippen molar-refractivity contribution in [2.45, 2.75) is 4.75 Å². The molecule has 1 aliphatic carbocycles. The number of ketones is 2. The number of carbonyl (C=O) groups excluding carboxylic acids is 2. The van der Waals surface area contributed by atoms with Gasteiger partial charge in [0.1, 0.15) is 0 Å². The second-order valence-electron chi connectivity index (χ2n) is 8.38. The average Bonchev–Trinajstić information content (AvgIpc) is 3.36. The van der Waals surface area contributed by atoms with Gasteiger partial charge in [-0.2, -0.15) is 0 Å². The van der Waals surface area contributed by atoms with Gasteiger partial charge in [0.2, 0.25) is 0 Å². The van der Waals surface area contributed by atoms with E-state index in [0.29, 0.717) is 11.1 Å². The SMILES string of the molecule is O=C1C(=C/C=C2/SC(c3ccccc3)(c3ccccc3)c3ccccc32)C(=O)c2ccccc21. The predicted octanol–water partition coefficient (Wildman–Crippen LogP) is 7.07. The van der Waals surface area contributed by atoms with Crippen LogP contribution in [0, 0.1) is 0 Å². The fraction of sp³-hybridized carbons (Fsp3) is 0.0323. The van der Waals surface area contributed by atoms with Crippen molar-refractivity contribution in [3.8, 4) is 0 Å². The standard InChI is InChI=1S/C31H20O2S/c32-29-23-15-7-8-16-24(23)30(33)26(29)19-20-28-25-17-9-10-18-27(25)31(34-28,21-11-3-1-4-12-21)22-13-5-2-6-14-22/h1-20H/b28-20+. The van der Waals surface area contributed by atoms with Gasteiger partial charge in [-0.25, -0.2) is 0 Å². The van der Waals surface area contributed by atoms with Gasteiger partial charge in [0.15, 0.2) is 11.6 Å². The van der Waals surface area contributed by atoms with Gasteiger partial charge in [-0.15, -0.1) is 11.8 Å². The van der Waals surface area contributed by atoms with Crippen LogP contribution in [0.3, 0.4) is 0 Å². The van der Waals surface area contributed by atoms with Crippen LogP contribution in [0.25, 0.3) is 4.91 Å². The summed E-state index contributed by atoms with van der Waals surface area (Å²) >= 11 is 1.76. The Morgan fingerprint density at radius 1 is 0.529 bits per heavy atom. The van der Waals surface area contributed by atoms with E-state index in [9.17, 15) is 9.59 Å². The molecule has 0 spiro atoms. The molecule has 4 aromatic rings. The molecule has 34 heavy (non-hydrogen) atoms. The van der Waals surface area contributed by atoms with Crippen LogP contribution < -0.4 is 0 Å². The summed E-state index contributed by atoms with van der Waals surface area (Å²) in [6, 6.07) is 36.4. The first-order valence-corrected chi connectivity index (χ1v) is 12.0. The Bertz CT molecular complexity index is 1420. The molecule has 6 rings (SSSR count). The summed E-state index contributed by atoms with van der Waals surface area (Å²) in [6.07, 6.45) is 3.64. The van der Waals surface area contributed by atoms with Crippen molar-refractivity contribution in [1.82, 2.24) is 0 Å². The molecule has 0 unspecified atom stereocenters. The molecule has 0 N–H and O–H groups in total. The number of thioether (sulfide) groups is 1. The molecule has 0 atom stereocenters. The molecule has 0 amide bonds. The highest BCUT2D eigenvalue weighted by Gasteiger charge is 2.45. The minimum atomic E-state index is -0.421. The molecule has 0 aromatic heterocycles. The quantitative estimate of drug-likeness (QED) is 0.244. The zero-order valence-electron chi connectivity index (χ0n) is 18.3. The zero-order chi connectivity index (χ0) is 23.1. The number of Topliss-reactive ketones (excluding diaryl/α,β-unsaturated/α-hetero) is 2. The average molecular weight is 457 g/mol. The van der Waals surface area contributed by atoms with Crippen molar-refractivity contribution >= 4 is 28.2 Å². The minimum absolute atomic E-state index is 0.203. The van der Waals surface area contributed by atoms with E-state index in [4.69, 9.17) is 0 Å². The summed E-state index contributed by atoms with van der Waals surface area (Å²) < 4.78 is -0.421. The molecule has 1 heterocycles. The second kappa shape index (κ2) is 8.12. The third-order valence-electron chi connectivity index (χ3n) is 6.50. The lowest BCUT2D eigenvalue weighted by atomic mass is 9.82. The molecule has 4 aromatic carbocycles. The molecule has 0 saturated carbocycles. The van der Waals surface area contributed by atoms with Gasteiger partial charge in [0.25, 0.3) is 0 Å². The van der Waals surface area contributed by atoms with E-state index in [1.54, 1.807) is 42.1 Å². The summed E-state index contributed by atoms with van der Waals surface area (Å²) in [5.41, 5.74) is 5.90. The molecule has 0 fully saturated rings. The van der Waals surface area contributed by atoms with Gasteiger partial charge in [0.05, 0.1) is 10.3 Å². The van der Waals surface area contributed by atoms with Crippen LogP contribution in [0.5, 0.6) is 0 Å². The largest absolute Gasteiger partial charge is 0.288 e. The monoisotopic (exact) mass is 456 g/mol. The maximum atomic E-state index is 12.9. The lowest BCUT2D eigenvalue weighted by Crippen LogP contribution is -2.22. The first-order chi connectivity index (χ1) is 16.7. The van der Waals surface area contributed by atoms with Crippen molar-refractivity contribution in [1.29, 1.82) is 0 Å². The lowest BCUT2D eigenvalue weighted by Gasteiger charge is -2.31. The van der Waals surface area contributed by atoms with E-state index in [1.807, 2.05) is 24.3 Å². The molecule has 2 aliphatic rings. The Morgan fingerprint density at radius 3 is 1.56 bits per heavy atom. The van der Waals surface area contributed by atoms with Crippen molar-refractivity contribution < 1.29 is 9.59 Å². The zero-order valence-corrected chi connectivity index (χ0v) is 19.1. The van der Waals surface area contributed by atoms with E-state index in [-0.39, 0.29) is 17.1 Å². The molecular weight excluding hydrogens is 436 g/mol. The Kier molecular flexibility index (Phi) is 4.93. The van der Waals surface area contributed by atoms with E-state index in [1.165, 1.54) is 16.7 Å². The minimum Gasteiger partial charge on any atom is -0.288 e. The highest BCUT2D eigenvalue weighted by atomic mass is 32.2. The number of rotatable bonds is 3. The van der Waals surface area contributed by atoms with Gasteiger partial charge in [-0.3, -0.25) is 9.59 Å². The smallest absolute Gasteiger partial charge is 0.197 e. The lowest BCUT2D eigenvalue weighted by molar-refractivity contribution is 0.0989. The van der Waals surface area contributed by atoms with Crippen molar-refractivity contribution in [3.63, 3.8) is 0 Å². The van der Waals surface area contributed by atoms with Crippen LogP contribution in [-0.4, -0.2) is 11.6 Å².